The van der Waals surface area contributed by atoms with Gasteiger partial charge in [0, 0.05) is 37.8 Å². The van der Waals surface area contributed by atoms with Crippen LogP contribution in [0.1, 0.15) is 25.7 Å². The van der Waals surface area contributed by atoms with Crippen molar-refractivity contribution in [3.63, 3.8) is 0 Å². The quantitative estimate of drug-likeness (QED) is 0.364. The summed E-state index contributed by atoms with van der Waals surface area (Å²) in [6.07, 6.45) is 6.21. The second kappa shape index (κ2) is 12.5. The summed E-state index contributed by atoms with van der Waals surface area (Å²) in [5, 5.41) is 18.0. The maximum atomic E-state index is 10.7. The van der Waals surface area contributed by atoms with Gasteiger partial charge in [0.2, 0.25) is 0 Å². The number of nitrogens with one attached hydrogen (secondary N) is 1. The lowest BCUT2D eigenvalue weighted by Crippen LogP contribution is -2.43. The molecule has 4 rings (SSSR count). The van der Waals surface area contributed by atoms with E-state index in [-0.39, 0.29) is 5.75 Å². The highest BCUT2D eigenvalue weighted by atomic mass is 16.5. The predicted molar refractivity (Wildman–Crippen MR) is 135 cm³/mol. The van der Waals surface area contributed by atoms with E-state index in [1.165, 1.54) is 19.4 Å². The van der Waals surface area contributed by atoms with E-state index in [1.807, 2.05) is 24.3 Å². The topological polar surface area (TPSA) is 89.2 Å². The van der Waals surface area contributed by atoms with Gasteiger partial charge < -0.3 is 34.1 Å². The van der Waals surface area contributed by atoms with Crippen LogP contribution in [0, 0.1) is 0 Å². The fourth-order valence-electron chi connectivity index (χ4n) is 4.35. The van der Waals surface area contributed by atoms with Gasteiger partial charge in [0.25, 0.3) is 0 Å². The summed E-state index contributed by atoms with van der Waals surface area (Å²) in [4.78, 5) is 2.53. The number of methoxy groups -OCH3 is 2. The van der Waals surface area contributed by atoms with E-state index in [0.717, 1.165) is 50.1 Å². The third kappa shape index (κ3) is 6.46. The average molecular weight is 482 g/mol. The Hall–Kier alpha value is -3.23. The fraction of sp³-hybridized carbons (Fsp3) is 0.444. The molecule has 1 saturated heterocycles. The molecule has 188 valence electrons. The van der Waals surface area contributed by atoms with E-state index < -0.39 is 0 Å². The maximum absolute atomic E-state index is 10.7. The zero-order chi connectivity index (χ0) is 24.5. The molecular formula is C27H35N3O5. The molecule has 2 heterocycles. The summed E-state index contributed by atoms with van der Waals surface area (Å²) in [7, 11) is 3.19. The molecule has 1 aliphatic heterocycles. The number of aromatic hydroxyl groups is 1. The molecule has 2 N–H and O–H groups in total. The lowest BCUT2D eigenvalue weighted by Gasteiger charge is -2.27. The Morgan fingerprint density at radius 2 is 1.74 bits per heavy atom. The third-order valence-corrected chi connectivity index (χ3v) is 6.33. The Labute approximate surface area is 206 Å². The first kappa shape index (κ1) is 24.9. The largest absolute Gasteiger partial charge is 0.507 e. The van der Waals surface area contributed by atoms with Crippen LogP contribution in [0.25, 0.3) is 22.5 Å². The van der Waals surface area contributed by atoms with Crippen LogP contribution in [-0.2, 0) is 0 Å². The molecule has 0 amide bonds. The lowest BCUT2D eigenvalue weighted by atomic mass is 10.0. The standard InChI is InChI=1S/C27H35N3O5/c1-32-25-10-7-20(17-26(25)33-2)23-19-29-35-27(23)22-9-8-21(18-24(22)31)34-16-6-4-3-5-13-30-14-11-28-12-15-30/h7-10,17-19,28,31H,3-6,11-16H2,1-2H3. The molecule has 0 bridgehead atoms. The molecule has 0 radical (unpaired) electrons. The minimum Gasteiger partial charge on any atom is -0.507 e. The van der Waals surface area contributed by atoms with Crippen molar-refractivity contribution in [2.45, 2.75) is 25.7 Å². The molecule has 0 aliphatic carbocycles. The van der Waals surface area contributed by atoms with Crippen molar-refractivity contribution in [2.75, 3.05) is 53.6 Å². The molecule has 2 aromatic carbocycles. The molecule has 3 aromatic rings. The van der Waals surface area contributed by atoms with Crippen molar-refractivity contribution in [3.05, 3.63) is 42.6 Å². The van der Waals surface area contributed by atoms with Gasteiger partial charge in [-0.25, -0.2) is 0 Å². The van der Waals surface area contributed by atoms with Crippen LogP contribution in [0.4, 0.5) is 0 Å². The van der Waals surface area contributed by atoms with Gasteiger partial charge in [-0.15, -0.1) is 0 Å². The van der Waals surface area contributed by atoms with Crippen LogP contribution in [-0.4, -0.2) is 68.7 Å². The minimum absolute atomic E-state index is 0.0806. The number of unbranched alkanes of at least 4 members (excludes halogenated alkanes) is 3. The van der Waals surface area contributed by atoms with Crippen molar-refractivity contribution in [1.82, 2.24) is 15.4 Å². The molecule has 1 aliphatic rings. The first-order valence-corrected chi connectivity index (χ1v) is 12.3. The Balaban J connectivity index is 1.30. The van der Waals surface area contributed by atoms with Crippen molar-refractivity contribution in [2.24, 2.45) is 0 Å². The third-order valence-electron chi connectivity index (χ3n) is 6.33. The number of benzene rings is 2. The summed E-state index contributed by atoms with van der Waals surface area (Å²) in [5.41, 5.74) is 2.14. The second-order valence-corrected chi connectivity index (χ2v) is 8.67. The van der Waals surface area contributed by atoms with Crippen molar-refractivity contribution < 1.29 is 23.8 Å². The number of hydrogen-bond acceptors (Lipinski definition) is 8. The number of aromatic nitrogens is 1. The van der Waals surface area contributed by atoms with Gasteiger partial charge in [-0.1, -0.05) is 24.1 Å². The number of phenols is 1. The predicted octanol–water partition coefficient (Wildman–Crippen LogP) is 4.58. The number of piperazine rings is 1. The number of rotatable bonds is 12. The first-order valence-electron chi connectivity index (χ1n) is 12.3. The Kier molecular flexibility index (Phi) is 8.86. The number of nitrogens with zero attached hydrogens (tertiary/aromatic N) is 2. The molecule has 35 heavy (non-hydrogen) atoms. The normalized spacial score (nSPS) is 14.1. The van der Waals surface area contributed by atoms with Crippen molar-refractivity contribution >= 4 is 0 Å². The van der Waals surface area contributed by atoms with Gasteiger partial charge in [-0.2, -0.15) is 0 Å². The molecular weight excluding hydrogens is 446 g/mol. The highest BCUT2D eigenvalue weighted by Gasteiger charge is 2.18. The van der Waals surface area contributed by atoms with E-state index in [2.05, 4.69) is 15.4 Å². The maximum Gasteiger partial charge on any atom is 0.178 e. The Bertz CT molecular complexity index is 1080. The van der Waals surface area contributed by atoms with E-state index >= 15 is 0 Å². The zero-order valence-electron chi connectivity index (χ0n) is 20.6. The minimum atomic E-state index is 0.0806. The summed E-state index contributed by atoms with van der Waals surface area (Å²) in [6, 6.07) is 10.8. The van der Waals surface area contributed by atoms with Crippen molar-refractivity contribution in [3.8, 4) is 45.4 Å². The van der Waals surface area contributed by atoms with Crippen LogP contribution in [0.15, 0.2) is 47.1 Å². The fourth-order valence-corrected chi connectivity index (χ4v) is 4.35. The summed E-state index contributed by atoms with van der Waals surface area (Å²) < 4.78 is 22.1. The Morgan fingerprint density at radius 1 is 0.943 bits per heavy atom. The molecule has 0 saturated carbocycles. The zero-order valence-corrected chi connectivity index (χ0v) is 20.6. The van der Waals surface area contributed by atoms with Gasteiger partial charge in [-0.3, -0.25) is 0 Å². The van der Waals surface area contributed by atoms with Gasteiger partial charge in [-0.05, 0) is 49.2 Å². The van der Waals surface area contributed by atoms with Crippen LogP contribution in [0.3, 0.4) is 0 Å². The first-order chi connectivity index (χ1) is 17.2. The lowest BCUT2D eigenvalue weighted by molar-refractivity contribution is 0.234. The number of hydrogen-bond donors (Lipinski definition) is 2. The van der Waals surface area contributed by atoms with E-state index in [1.54, 1.807) is 32.5 Å². The van der Waals surface area contributed by atoms with Gasteiger partial charge in [0.05, 0.1) is 32.6 Å². The van der Waals surface area contributed by atoms with E-state index in [0.29, 0.717) is 35.2 Å². The molecule has 0 atom stereocenters. The van der Waals surface area contributed by atoms with Gasteiger partial charge >= 0.3 is 0 Å². The smallest absolute Gasteiger partial charge is 0.178 e. The summed E-state index contributed by atoms with van der Waals surface area (Å²) in [5.74, 6) is 2.44. The molecule has 8 nitrogen and oxygen atoms in total. The van der Waals surface area contributed by atoms with E-state index in [4.69, 9.17) is 18.7 Å². The number of ether oxygens (including phenoxy) is 3. The molecule has 0 spiro atoms. The Morgan fingerprint density at radius 3 is 2.51 bits per heavy atom. The molecule has 0 unspecified atom stereocenters. The highest BCUT2D eigenvalue weighted by molar-refractivity contribution is 5.82. The molecule has 1 aromatic heterocycles. The van der Waals surface area contributed by atoms with Crippen LogP contribution >= 0.6 is 0 Å². The van der Waals surface area contributed by atoms with Gasteiger partial charge in [0.15, 0.2) is 17.3 Å². The van der Waals surface area contributed by atoms with Crippen LogP contribution < -0.4 is 19.5 Å². The summed E-state index contributed by atoms with van der Waals surface area (Å²) in [6.45, 7) is 6.34. The molecule has 8 heteroatoms. The monoisotopic (exact) mass is 481 g/mol. The summed E-state index contributed by atoms with van der Waals surface area (Å²) >= 11 is 0. The van der Waals surface area contributed by atoms with Crippen molar-refractivity contribution in [1.29, 1.82) is 0 Å². The molecule has 1 fully saturated rings. The van der Waals surface area contributed by atoms with Gasteiger partial charge in [0.1, 0.15) is 11.5 Å². The average Bonchev–Trinajstić information content (AvgIpc) is 3.38. The highest BCUT2D eigenvalue weighted by Crippen LogP contribution is 2.40. The SMILES string of the molecule is COc1ccc(-c2cnoc2-c2ccc(OCCCCCCN3CCNCC3)cc2O)cc1OC. The van der Waals surface area contributed by atoms with Crippen LogP contribution in [0.2, 0.25) is 0 Å². The number of phenolic OH excluding ortho intramolecular Hbond substituents is 1. The second-order valence-electron chi connectivity index (χ2n) is 8.67. The van der Waals surface area contributed by atoms with E-state index in [9.17, 15) is 5.11 Å². The van der Waals surface area contributed by atoms with Crippen LogP contribution in [0.5, 0.6) is 23.0 Å².